The van der Waals surface area contributed by atoms with E-state index in [1.807, 2.05) is 18.2 Å². The number of ether oxygens (including phenoxy) is 2. The summed E-state index contributed by atoms with van der Waals surface area (Å²) in [6.45, 7) is 5.11. The van der Waals surface area contributed by atoms with E-state index in [9.17, 15) is 0 Å². The Morgan fingerprint density at radius 3 is 2.78 bits per heavy atom. The standard InChI is InChI=1S/C17H28N4O2/c1-13-6-4-5-10-21(13)11-9-19-17(18)20-14-7-8-15(22-2)16(12-14)23-3/h7-8,12-13H,4-6,9-11H2,1-3H3,(H3,18,19,20). The second-order valence-corrected chi connectivity index (χ2v) is 5.84. The number of nitrogens with one attached hydrogen (secondary N) is 1. The molecule has 0 aliphatic carbocycles. The molecule has 1 aliphatic rings. The molecule has 1 heterocycles. The number of nitrogens with two attached hydrogens (primary N) is 1. The van der Waals surface area contributed by atoms with Crippen LogP contribution >= 0.6 is 0 Å². The molecule has 1 aromatic carbocycles. The van der Waals surface area contributed by atoms with Crippen molar-refractivity contribution in [2.45, 2.75) is 32.2 Å². The third kappa shape index (κ3) is 5.03. The fraction of sp³-hybridized carbons (Fsp3) is 0.588. The molecule has 0 amide bonds. The van der Waals surface area contributed by atoms with Gasteiger partial charge >= 0.3 is 0 Å². The van der Waals surface area contributed by atoms with Gasteiger partial charge in [-0.25, -0.2) is 0 Å². The first kappa shape index (κ1) is 17.4. The van der Waals surface area contributed by atoms with Gasteiger partial charge in [0, 0.05) is 24.3 Å². The van der Waals surface area contributed by atoms with Crippen LogP contribution in [-0.2, 0) is 0 Å². The maximum absolute atomic E-state index is 5.97. The molecule has 6 nitrogen and oxygen atoms in total. The maximum atomic E-state index is 5.97. The smallest absolute Gasteiger partial charge is 0.193 e. The van der Waals surface area contributed by atoms with Crippen LogP contribution in [-0.4, -0.2) is 50.8 Å². The molecule has 1 atom stereocenters. The van der Waals surface area contributed by atoms with Crippen molar-refractivity contribution in [1.29, 1.82) is 0 Å². The summed E-state index contributed by atoms with van der Waals surface area (Å²) in [6, 6.07) is 6.22. The van der Waals surface area contributed by atoms with Gasteiger partial charge in [0.05, 0.1) is 20.8 Å². The van der Waals surface area contributed by atoms with Crippen LogP contribution < -0.4 is 20.5 Å². The first-order valence-electron chi connectivity index (χ1n) is 8.17. The number of aliphatic imine (C=N–C) groups is 1. The van der Waals surface area contributed by atoms with Gasteiger partial charge in [-0.1, -0.05) is 6.42 Å². The van der Waals surface area contributed by atoms with Gasteiger partial charge in [0.15, 0.2) is 17.5 Å². The summed E-state index contributed by atoms with van der Waals surface area (Å²) in [6.07, 6.45) is 3.90. The monoisotopic (exact) mass is 320 g/mol. The van der Waals surface area contributed by atoms with Gasteiger partial charge in [-0.15, -0.1) is 0 Å². The Morgan fingerprint density at radius 2 is 2.09 bits per heavy atom. The van der Waals surface area contributed by atoms with Crippen molar-refractivity contribution < 1.29 is 9.47 Å². The summed E-state index contributed by atoms with van der Waals surface area (Å²) in [5.74, 6) is 1.77. The van der Waals surface area contributed by atoms with Crippen molar-refractivity contribution in [3.8, 4) is 11.5 Å². The van der Waals surface area contributed by atoms with E-state index < -0.39 is 0 Å². The van der Waals surface area contributed by atoms with E-state index >= 15 is 0 Å². The lowest BCUT2D eigenvalue weighted by molar-refractivity contribution is 0.166. The third-order valence-corrected chi connectivity index (χ3v) is 4.27. The molecule has 3 N–H and O–H groups in total. The van der Waals surface area contributed by atoms with Crippen LogP contribution in [0, 0.1) is 0 Å². The molecule has 1 fully saturated rings. The lowest BCUT2D eigenvalue weighted by Gasteiger charge is -2.32. The normalized spacial score (nSPS) is 19.4. The van der Waals surface area contributed by atoms with Crippen molar-refractivity contribution >= 4 is 11.6 Å². The van der Waals surface area contributed by atoms with Crippen LogP contribution in [0.25, 0.3) is 0 Å². The molecule has 6 heteroatoms. The van der Waals surface area contributed by atoms with Gasteiger partial charge in [-0.2, -0.15) is 0 Å². The van der Waals surface area contributed by atoms with Crippen molar-refractivity contribution in [1.82, 2.24) is 4.90 Å². The van der Waals surface area contributed by atoms with Gasteiger partial charge in [-0.05, 0) is 38.4 Å². The SMILES string of the molecule is COc1ccc(NC(N)=NCCN2CCCCC2C)cc1OC. The summed E-state index contributed by atoms with van der Waals surface area (Å²) >= 11 is 0. The number of hydrogen-bond acceptors (Lipinski definition) is 4. The highest BCUT2D eigenvalue weighted by Gasteiger charge is 2.17. The van der Waals surface area contributed by atoms with Gasteiger partial charge in [0.2, 0.25) is 0 Å². The minimum atomic E-state index is 0.418. The zero-order chi connectivity index (χ0) is 16.7. The lowest BCUT2D eigenvalue weighted by atomic mass is 10.0. The maximum Gasteiger partial charge on any atom is 0.193 e. The highest BCUT2D eigenvalue weighted by molar-refractivity contribution is 5.92. The van der Waals surface area contributed by atoms with Crippen molar-refractivity contribution in [3.05, 3.63) is 18.2 Å². The minimum absolute atomic E-state index is 0.418. The molecule has 0 bridgehead atoms. The zero-order valence-corrected chi connectivity index (χ0v) is 14.3. The largest absolute Gasteiger partial charge is 0.493 e. The number of likely N-dealkylation sites (tertiary alicyclic amines) is 1. The van der Waals surface area contributed by atoms with Crippen LogP contribution in [0.3, 0.4) is 0 Å². The number of anilines is 1. The summed E-state index contributed by atoms with van der Waals surface area (Å²) < 4.78 is 10.5. The molecule has 1 saturated heterocycles. The molecule has 1 aromatic rings. The van der Waals surface area contributed by atoms with Crippen molar-refractivity contribution in [2.75, 3.05) is 39.2 Å². The molecule has 1 aliphatic heterocycles. The molecule has 2 rings (SSSR count). The van der Waals surface area contributed by atoms with Gasteiger partial charge in [0.1, 0.15) is 0 Å². The van der Waals surface area contributed by atoms with Crippen LogP contribution in [0.4, 0.5) is 5.69 Å². The first-order valence-corrected chi connectivity index (χ1v) is 8.17. The average Bonchev–Trinajstić information content (AvgIpc) is 2.56. The molecule has 0 radical (unpaired) electrons. The number of hydrogen-bond donors (Lipinski definition) is 2. The van der Waals surface area contributed by atoms with Crippen molar-refractivity contribution in [3.63, 3.8) is 0 Å². The summed E-state index contributed by atoms with van der Waals surface area (Å²) in [5.41, 5.74) is 6.80. The van der Waals surface area contributed by atoms with E-state index in [1.165, 1.54) is 25.8 Å². The summed E-state index contributed by atoms with van der Waals surface area (Å²) in [5, 5.41) is 3.09. The number of benzene rings is 1. The third-order valence-electron chi connectivity index (χ3n) is 4.27. The molecule has 0 saturated carbocycles. The fourth-order valence-electron chi connectivity index (χ4n) is 2.89. The van der Waals surface area contributed by atoms with Crippen LogP contribution in [0.15, 0.2) is 23.2 Å². The zero-order valence-electron chi connectivity index (χ0n) is 14.3. The Hall–Kier alpha value is -1.95. The second-order valence-electron chi connectivity index (χ2n) is 5.84. The molecule has 23 heavy (non-hydrogen) atoms. The topological polar surface area (TPSA) is 72.1 Å². The van der Waals surface area contributed by atoms with Gasteiger partial charge < -0.3 is 20.5 Å². The predicted octanol–water partition coefficient (Wildman–Crippen LogP) is 2.30. The van der Waals surface area contributed by atoms with E-state index in [2.05, 4.69) is 22.1 Å². The lowest BCUT2D eigenvalue weighted by Crippen LogP contribution is -2.39. The summed E-state index contributed by atoms with van der Waals surface area (Å²) in [7, 11) is 3.22. The van der Waals surface area contributed by atoms with E-state index in [0.717, 1.165) is 12.2 Å². The van der Waals surface area contributed by atoms with Crippen LogP contribution in [0.1, 0.15) is 26.2 Å². The van der Waals surface area contributed by atoms with E-state index in [0.29, 0.717) is 30.0 Å². The molecular formula is C17H28N4O2. The average molecular weight is 320 g/mol. The molecular weight excluding hydrogens is 292 g/mol. The highest BCUT2D eigenvalue weighted by atomic mass is 16.5. The van der Waals surface area contributed by atoms with Crippen LogP contribution in [0.5, 0.6) is 11.5 Å². The Balaban J connectivity index is 1.86. The molecule has 0 aromatic heterocycles. The summed E-state index contributed by atoms with van der Waals surface area (Å²) in [4.78, 5) is 6.90. The van der Waals surface area contributed by atoms with Crippen molar-refractivity contribution in [2.24, 2.45) is 10.7 Å². The number of methoxy groups -OCH3 is 2. The fourth-order valence-corrected chi connectivity index (χ4v) is 2.89. The number of nitrogens with zero attached hydrogens (tertiary/aromatic N) is 2. The second kappa shape index (κ2) is 8.62. The molecule has 128 valence electrons. The first-order chi connectivity index (χ1) is 11.1. The number of guanidine groups is 1. The van der Waals surface area contributed by atoms with E-state index in [4.69, 9.17) is 15.2 Å². The van der Waals surface area contributed by atoms with Gasteiger partial charge in [-0.3, -0.25) is 9.89 Å². The minimum Gasteiger partial charge on any atom is -0.493 e. The molecule has 1 unspecified atom stereocenters. The van der Waals surface area contributed by atoms with E-state index in [-0.39, 0.29) is 0 Å². The Kier molecular flexibility index (Phi) is 6.52. The number of rotatable bonds is 6. The molecule has 0 spiro atoms. The Bertz CT molecular complexity index is 533. The Labute approximate surface area is 138 Å². The van der Waals surface area contributed by atoms with Crippen LogP contribution in [0.2, 0.25) is 0 Å². The quantitative estimate of drug-likeness (QED) is 0.621. The highest BCUT2D eigenvalue weighted by Crippen LogP contribution is 2.29. The predicted molar refractivity (Wildman–Crippen MR) is 94.5 cm³/mol. The number of piperidine rings is 1. The van der Waals surface area contributed by atoms with Gasteiger partial charge in [0.25, 0.3) is 0 Å². The Morgan fingerprint density at radius 1 is 1.30 bits per heavy atom. The van der Waals surface area contributed by atoms with E-state index in [1.54, 1.807) is 14.2 Å².